The Kier molecular flexibility index (Phi) is 12.4. The van der Waals surface area contributed by atoms with Gasteiger partial charge in [0.1, 0.15) is 0 Å². The summed E-state index contributed by atoms with van der Waals surface area (Å²) < 4.78 is 0. The van der Waals surface area contributed by atoms with Gasteiger partial charge in [0, 0.05) is 31.7 Å². The fourth-order valence-electron chi connectivity index (χ4n) is 1.82. The van der Waals surface area contributed by atoms with Gasteiger partial charge in [-0.1, -0.05) is 32.0 Å². The molecule has 0 spiro atoms. The van der Waals surface area contributed by atoms with E-state index in [0.717, 1.165) is 25.5 Å². The molecule has 0 aliphatic carbocycles. The molecule has 0 bridgehead atoms. The molecule has 0 saturated heterocycles. The van der Waals surface area contributed by atoms with Crippen molar-refractivity contribution in [3.8, 4) is 0 Å². The lowest BCUT2D eigenvalue weighted by molar-refractivity contribution is 0.0954. The zero-order valence-corrected chi connectivity index (χ0v) is 16.6. The van der Waals surface area contributed by atoms with Crippen molar-refractivity contribution in [2.24, 2.45) is 10.9 Å². The number of benzene rings is 1. The summed E-state index contributed by atoms with van der Waals surface area (Å²) in [7, 11) is 0. The molecule has 0 unspecified atom stereocenters. The highest BCUT2D eigenvalue weighted by atomic mass is 127. The van der Waals surface area contributed by atoms with Crippen LogP contribution < -0.4 is 16.0 Å². The number of aliphatic imine (C=N–C) groups is 1. The third-order valence-electron chi connectivity index (χ3n) is 3.06. The van der Waals surface area contributed by atoms with E-state index in [1.165, 1.54) is 0 Å². The summed E-state index contributed by atoms with van der Waals surface area (Å²) in [6, 6.07) is 9.23. The van der Waals surface area contributed by atoms with Crippen LogP contribution in [0.3, 0.4) is 0 Å². The number of carbonyl (C=O) groups is 1. The number of amides is 1. The molecule has 0 aromatic heterocycles. The van der Waals surface area contributed by atoms with Gasteiger partial charge in [0.15, 0.2) is 5.96 Å². The van der Waals surface area contributed by atoms with Crippen LogP contribution in [0.15, 0.2) is 35.3 Å². The SMILES string of the molecule is CCNC(=NCCC(C)C)NCCNC(=O)c1ccccc1.I. The number of nitrogens with one attached hydrogen (secondary N) is 3. The molecule has 0 saturated carbocycles. The standard InChI is InChI=1S/C17H28N4O.HI/c1-4-18-17(20-11-10-14(2)3)21-13-12-19-16(22)15-8-6-5-7-9-15;/h5-9,14H,4,10-13H2,1-3H3,(H,19,22)(H2,18,20,21);1H. The topological polar surface area (TPSA) is 65.5 Å². The molecule has 0 aliphatic heterocycles. The zero-order valence-electron chi connectivity index (χ0n) is 14.3. The second-order valence-corrected chi connectivity index (χ2v) is 5.49. The van der Waals surface area contributed by atoms with E-state index in [0.29, 0.717) is 24.6 Å². The minimum absolute atomic E-state index is 0. The predicted molar refractivity (Wildman–Crippen MR) is 108 cm³/mol. The average Bonchev–Trinajstić information content (AvgIpc) is 2.51. The zero-order chi connectivity index (χ0) is 16.2. The van der Waals surface area contributed by atoms with Gasteiger partial charge in [0.05, 0.1) is 0 Å². The van der Waals surface area contributed by atoms with E-state index >= 15 is 0 Å². The Hall–Kier alpha value is -1.31. The smallest absolute Gasteiger partial charge is 0.251 e. The van der Waals surface area contributed by atoms with Crippen molar-refractivity contribution >= 4 is 35.8 Å². The van der Waals surface area contributed by atoms with E-state index in [9.17, 15) is 4.79 Å². The van der Waals surface area contributed by atoms with Crippen molar-refractivity contribution < 1.29 is 4.79 Å². The molecule has 0 fully saturated rings. The van der Waals surface area contributed by atoms with Crippen molar-refractivity contribution in [1.82, 2.24) is 16.0 Å². The first-order valence-corrected chi connectivity index (χ1v) is 7.99. The number of carbonyl (C=O) groups excluding carboxylic acids is 1. The summed E-state index contributed by atoms with van der Waals surface area (Å²) in [5, 5.41) is 9.31. The van der Waals surface area contributed by atoms with Crippen LogP contribution in [0.25, 0.3) is 0 Å². The molecule has 0 aliphatic rings. The molecule has 0 heterocycles. The number of hydrogen-bond acceptors (Lipinski definition) is 2. The van der Waals surface area contributed by atoms with Gasteiger partial charge in [-0.25, -0.2) is 0 Å². The van der Waals surface area contributed by atoms with E-state index in [1.54, 1.807) is 12.1 Å². The van der Waals surface area contributed by atoms with Crippen molar-refractivity contribution in [2.75, 3.05) is 26.2 Å². The Bertz CT molecular complexity index is 463. The third-order valence-corrected chi connectivity index (χ3v) is 3.06. The Morgan fingerprint density at radius 3 is 2.35 bits per heavy atom. The first-order valence-electron chi connectivity index (χ1n) is 7.99. The van der Waals surface area contributed by atoms with Crippen LogP contribution in [-0.4, -0.2) is 38.0 Å². The van der Waals surface area contributed by atoms with E-state index in [1.807, 2.05) is 25.1 Å². The number of hydrogen-bond donors (Lipinski definition) is 3. The van der Waals surface area contributed by atoms with Crippen molar-refractivity contribution in [3.63, 3.8) is 0 Å². The van der Waals surface area contributed by atoms with Gasteiger partial charge in [-0.15, -0.1) is 24.0 Å². The Morgan fingerprint density at radius 2 is 1.74 bits per heavy atom. The van der Waals surface area contributed by atoms with Gasteiger partial charge in [-0.3, -0.25) is 9.79 Å². The maximum absolute atomic E-state index is 11.9. The molecule has 6 heteroatoms. The van der Waals surface area contributed by atoms with Crippen LogP contribution in [0.1, 0.15) is 37.6 Å². The van der Waals surface area contributed by atoms with Crippen LogP contribution in [0, 0.1) is 5.92 Å². The Labute approximate surface area is 156 Å². The lowest BCUT2D eigenvalue weighted by Crippen LogP contribution is -2.41. The van der Waals surface area contributed by atoms with E-state index < -0.39 is 0 Å². The molecule has 1 rings (SSSR count). The molecule has 0 radical (unpaired) electrons. The lowest BCUT2D eigenvalue weighted by Gasteiger charge is -2.12. The summed E-state index contributed by atoms with van der Waals surface area (Å²) in [5.41, 5.74) is 0.681. The van der Waals surface area contributed by atoms with Crippen molar-refractivity contribution in [2.45, 2.75) is 27.2 Å². The second kappa shape index (κ2) is 13.2. The van der Waals surface area contributed by atoms with Crippen molar-refractivity contribution in [3.05, 3.63) is 35.9 Å². The average molecular weight is 432 g/mol. The summed E-state index contributed by atoms with van der Waals surface area (Å²) in [5.74, 6) is 1.40. The van der Waals surface area contributed by atoms with Gasteiger partial charge >= 0.3 is 0 Å². The molecule has 1 amide bonds. The quantitative estimate of drug-likeness (QED) is 0.256. The van der Waals surface area contributed by atoms with Gasteiger partial charge in [-0.2, -0.15) is 0 Å². The molecular weight excluding hydrogens is 403 g/mol. The van der Waals surface area contributed by atoms with Crippen LogP contribution >= 0.6 is 24.0 Å². The second-order valence-electron chi connectivity index (χ2n) is 5.49. The third kappa shape index (κ3) is 10.1. The highest BCUT2D eigenvalue weighted by molar-refractivity contribution is 14.0. The molecule has 1 aromatic rings. The lowest BCUT2D eigenvalue weighted by atomic mass is 10.1. The van der Waals surface area contributed by atoms with Crippen LogP contribution in [0.5, 0.6) is 0 Å². The first-order chi connectivity index (χ1) is 10.6. The predicted octanol–water partition coefficient (Wildman–Crippen LogP) is 2.64. The molecule has 1 aromatic carbocycles. The summed E-state index contributed by atoms with van der Waals surface area (Å²) in [6.07, 6.45) is 1.07. The van der Waals surface area contributed by atoms with E-state index in [4.69, 9.17) is 0 Å². The summed E-state index contributed by atoms with van der Waals surface area (Å²) >= 11 is 0. The number of rotatable bonds is 8. The number of guanidine groups is 1. The molecule has 130 valence electrons. The van der Waals surface area contributed by atoms with Crippen molar-refractivity contribution in [1.29, 1.82) is 0 Å². The molecule has 5 nitrogen and oxygen atoms in total. The highest BCUT2D eigenvalue weighted by Gasteiger charge is 2.03. The van der Waals surface area contributed by atoms with Gasteiger partial charge in [-0.05, 0) is 31.4 Å². The minimum atomic E-state index is -0.0517. The van der Waals surface area contributed by atoms with Crippen LogP contribution in [-0.2, 0) is 0 Å². The van der Waals surface area contributed by atoms with Gasteiger partial charge in [0.2, 0.25) is 0 Å². The Balaban J connectivity index is 0.00000484. The largest absolute Gasteiger partial charge is 0.357 e. The van der Waals surface area contributed by atoms with Gasteiger partial charge < -0.3 is 16.0 Å². The monoisotopic (exact) mass is 432 g/mol. The highest BCUT2D eigenvalue weighted by Crippen LogP contribution is 1.98. The normalized spacial score (nSPS) is 10.9. The maximum Gasteiger partial charge on any atom is 0.251 e. The van der Waals surface area contributed by atoms with Gasteiger partial charge in [0.25, 0.3) is 5.91 Å². The fraction of sp³-hybridized carbons (Fsp3) is 0.529. The summed E-state index contributed by atoms with van der Waals surface area (Å²) in [6.45, 7) is 9.25. The molecular formula is C17H29IN4O. The fourth-order valence-corrected chi connectivity index (χ4v) is 1.82. The summed E-state index contributed by atoms with van der Waals surface area (Å²) in [4.78, 5) is 16.4. The molecule has 23 heavy (non-hydrogen) atoms. The van der Waals surface area contributed by atoms with Crippen LogP contribution in [0.4, 0.5) is 0 Å². The first kappa shape index (κ1) is 21.7. The minimum Gasteiger partial charge on any atom is -0.357 e. The van der Waals surface area contributed by atoms with E-state index in [-0.39, 0.29) is 29.9 Å². The van der Waals surface area contributed by atoms with E-state index in [2.05, 4.69) is 34.8 Å². The molecule has 0 atom stereocenters. The number of halogens is 1. The number of nitrogens with zero attached hydrogens (tertiary/aromatic N) is 1. The molecule has 3 N–H and O–H groups in total. The maximum atomic E-state index is 11.9. The Morgan fingerprint density at radius 1 is 1.09 bits per heavy atom. The van der Waals surface area contributed by atoms with Crippen LogP contribution in [0.2, 0.25) is 0 Å².